The summed E-state index contributed by atoms with van der Waals surface area (Å²) in [6, 6.07) is 4.78. The van der Waals surface area contributed by atoms with Gasteiger partial charge in [-0.1, -0.05) is 12.1 Å². The molecular formula is C15H16F3N3O3. The molecule has 1 heterocycles. The molecule has 0 aliphatic carbocycles. The van der Waals surface area contributed by atoms with Crippen molar-refractivity contribution in [3.63, 3.8) is 0 Å². The van der Waals surface area contributed by atoms with Gasteiger partial charge in [0.15, 0.2) is 5.69 Å². The molecule has 2 aromatic rings. The second-order valence-electron chi connectivity index (χ2n) is 5.02. The maximum absolute atomic E-state index is 12.6. The minimum absolute atomic E-state index is 0.0692. The molecule has 0 aliphatic heterocycles. The van der Waals surface area contributed by atoms with Crippen molar-refractivity contribution in [3.8, 4) is 5.88 Å². The first-order chi connectivity index (χ1) is 11.3. The van der Waals surface area contributed by atoms with Gasteiger partial charge in [0.05, 0.1) is 25.3 Å². The molecule has 0 radical (unpaired) electrons. The lowest BCUT2D eigenvalue weighted by Gasteiger charge is -2.17. The predicted molar refractivity (Wildman–Crippen MR) is 78.5 cm³/mol. The molecule has 1 aromatic carbocycles. The van der Waals surface area contributed by atoms with Crippen LogP contribution in [0.3, 0.4) is 0 Å². The number of halogens is 3. The smallest absolute Gasteiger partial charge is 0.416 e. The first-order valence-corrected chi connectivity index (χ1v) is 6.93. The number of methoxy groups -OCH3 is 1. The van der Waals surface area contributed by atoms with Gasteiger partial charge in [0.1, 0.15) is 0 Å². The van der Waals surface area contributed by atoms with Crippen LogP contribution in [0.1, 0.15) is 27.7 Å². The number of carbonyl (C=O) groups is 1. The van der Waals surface area contributed by atoms with Crippen LogP contribution in [0.2, 0.25) is 0 Å². The molecule has 2 rings (SSSR count). The Morgan fingerprint density at radius 1 is 1.38 bits per heavy atom. The summed E-state index contributed by atoms with van der Waals surface area (Å²) in [5, 5.41) is 15.9. The van der Waals surface area contributed by atoms with Crippen molar-refractivity contribution in [1.82, 2.24) is 15.1 Å². The second kappa shape index (κ2) is 6.91. The van der Waals surface area contributed by atoms with Crippen LogP contribution in [0, 0.1) is 0 Å². The van der Waals surface area contributed by atoms with E-state index in [1.54, 1.807) is 7.05 Å². The van der Waals surface area contributed by atoms with Gasteiger partial charge >= 0.3 is 6.18 Å². The van der Waals surface area contributed by atoms with E-state index in [-0.39, 0.29) is 5.69 Å². The fraction of sp³-hybridized carbons (Fsp3) is 0.333. The van der Waals surface area contributed by atoms with E-state index in [9.17, 15) is 23.1 Å². The molecule has 130 valence electrons. The lowest BCUT2D eigenvalue weighted by molar-refractivity contribution is -0.137. The summed E-state index contributed by atoms with van der Waals surface area (Å²) in [5.41, 5.74) is -0.384. The zero-order valence-corrected chi connectivity index (χ0v) is 13.0. The van der Waals surface area contributed by atoms with Crippen molar-refractivity contribution in [2.24, 2.45) is 7.05 Å². The van der Waals surface area contributed by atoms with Crippen LogP contribution in [-0.4, -0.2) is 34.5 Å². The highest BCUT2D eigenvalue weighted by atomic mass is 19.4. The van der Waals surface area contributed by atoms with Crippen molar-refractivity contribution < 1.29 is 27.8 Å². The fourth-order valence-corrected chi connectivity index (χ4v) is 2.12. The number of aliphatic hydroxyl groups excluding tert-OH is 1. The molecule has 2 N–H and O–H groups in total. The fourth-order valence-electron chi connectivity index (χ4n) is 2.12. The van der Waals surface area contributed by atoms with Crippen LogP contribution in [0.25, 0.3) is 0 Å². The standard InChI is InChI=1S/C15H16F3N3O3/c1-21-13(24-2)7-11(20-21)14(23)19-12(8-22)9-3-5-10(6-4-9)15(16,17)18/h3-7,12,22H,8H2,1-2H3,(H,19,23). The van der Waals surface area contributed by atoms with E-state index in [0.717, 1.165) is 12.1 Å². The molecule has 6 nitrogen and oxygen atoms in total. The molecule has 24 heavy (non-hydrogen) atoms. The lowest BCUT2D eigenvalue weighted by Crippen LogP contribution is -2.31. The Kier molecular flexibility index (Phi) is 5.13. The van der Waals surface area contributed by atoms with Crippen molar-refractivity contribution >= 4 is 5.91 Å². The zero-order chi connectivity index (χ0) is 17.9. The molecule has 9 heteroatoms. The number of alkyl halides is 3. The largest absolute Gasteiger partial charge is 0.481 e. The van der Waals surface area contributed by atoms with Gasteiger partial charge in [-0.15, -0.1) is 0 Å². The molecule has 1 aromatic heterocycles. The summed E-state index contributed by atoms with van der Waals surface area (Å²) < 4.78 is 44.1. The Morgan fingerprint density at radius 3 is 2.46 bits per heavy atom. The molecule has 0 aliphatic rings. The molecule has 1 atom stereocenters. The lowest BCUT2D eigenvalue weighted by atomic mass is 10.0. The van der Waals surface area contributed by atoms with Crippen molar-refractivity contribution in [3.05, 3.63) is 47.2 Å². The van der Waals surface area contributed by atoms with Crippen LogP contribution in [0.15, 0.2) is 30.3 Å². The topological polar surface area (TPSA) is 76.4 Å². The van der Waals surface area contributed by atoms with E-state index in [1.165, 1.54) is 30.0 Å². The van der Waals surface area contributed by atoms with Gasteiger partial charge in [0.2, 0.25) is 5.88 Å². The SMILES string of the molecule is COc1cc(C(=O)NC(CO)c2ccc(C(F)(F)F)cc2)nn1C. The Labute approximate surface area is 135 Å². The summed E-state index contributed by atoms with van der Waals surface area (Å²) >= 11 is 0. The summed E-state index contributed by atoms with van der Waals surface area (Å²) in [7, 11) is 3.02. The number of carbonyl (C=O) groups excluding carboxylic acids is 1. The average Bonchev–Trinajstić information content (AvgIpc) is 2.93. The van der Waals surface area contributed by atoms with Gasteiger partial charge in [-0.3, -0.25) is 4.79 Å². The highest BCUT2D eigenvalue weighted by Gasteiger charge is 2.30. The maximum atomic E-state index is 12.6. The van der Waals surface area contributed by atoms with Crippen LogP contribution in [0.5, 0.6) is 5.88 Å². The monoisotopic (exact) mass is 343 g/mol. The molecule has 0 saturated heterocycles. The quantitative estimate of drug-likeness (QED) is 0.870. The molecule has 0 spiro atoms. The number of rotatable bonds is 5. The van der Waals surface area contributed by atoms with E-state index < -0.39 is 30.3 Å². The van der Waals surface area contributed by atoms with Gasteiger partial charge < -0.3 is 15.2 Å². The van der Waals surface area contributed by atoms with Crippen LogP contribution in [0.4, 0.5) is 13.2 Å². The van der Waals surface area contributed by atoms with Gasteiger partial charge in [-0.25, -0.2) is 4.68 Å². The number of nitrogens with zero attached hydrogens (tertiary/aromatic N) is 2. The molecule has 0 bridgehead atoms. The summed E-state index contributed by atoms with van der Waals surface area (Å²) in [5.74, 6) is -0.205. The third-order valence-corrected chi connectivity index (χ3v) is 3.41. The second-order valence-corrected chi connectivity index (χ2v) is 5.02. The third-order valence-electron chi connectivity index (χ3n) is 3.41. The predicted octanol–water partition coefficient (Wildman–Crippen LogP) is 1.91. The van der Waals surface area contributed by atoms with E-state index in [1.807, 2.05) is 0 Å². The maximum Gasteiger partial charge on any atom is 0.416 e. The number of aromatic nitrogens is 2. The number of benzene rings is 1. The van der Waals surface area contributed by atoms with E-state index >= 15 is 0 Å². The molecule has 1 amide bonds. The number of aliphatic hydroxyl groups is 1. The third kappa shape index (κ3) is 3.85. The number of amides is 1. The zero-order valence-electron chi connectivity index (χ0n) is 13.0. The Hall–Kier alpha value is -2.55. The number of hydrogen-bond acceptors (Lipinski definition) is 4. The first kappa shape index (κ1) is 17.8. The van der Waals surface area contributed by atoms with Crippen LogP contribution < -0.4 is 10.1 Å². The Bertz CT molecular complexity index is 711. The summed E-state index contributed by atoms with van der Waals surface area (Å²) in [4.78, 5) is 12.2. The van der Waals surface area contributed by atoms with Gasteiger partial charge in [0, 0.05) is 13.1 Å². The summed E-state index contributed by atoms with van der Waals surface area (Å²) in [6.45, 7) is -0.471. The average molecular weight is 343 g/mol. The van der Waals surface area contributed by atoms with E-state index in [0.29, 0.717) is 11.4 Å². The Morgan fingerprint density at radius 2 is 2.00 bits per heavy atom. The number of nitrogens with one attached hydrogen (secondary N) is 1. The first-order valence-electron chi connectivity index (χ1n) is 6.93. The normalized spacial score (nSPS) is 12.8. The number of ether oxygens (including phenoxy) is 1. The molecular weight excluding hydrogens is 327 g/mol. The van der Waals surface area contributed by atoms with Gasteiger partial charge in [-0.2, -0.15) is 18.3 Å². The van der Waals surface area contributed by atoms with Crippen molar-refractivity contribution in [2.75, 3.05) is 13.7 Å². The van der Waals surface area contributed by atoms with Gasteiger partial charge in [-0.05, 0) is 17.7 Å². The van der Waals surface area contributed by atoms with E-state index in [4.69, 9.17) is 4.74 Å². The summed E-state index contributed by atoms with van der Waals surface area (Å²) in [6.07, 6.45) is -4.44. The number of hydrogen-bond donors (Lipinski definition) is 2. The van der Waals surface area contributed by atoms with Crippen LogP contribution >= 0.6 is 0 Å². The molecule has 1 unspecified atom stereocenters. The van der Waals surface area contributed by atoms with Gasteiger partial charge in [0.25, 0.3) is 5.91 Å². The van der Waals surface area contributed by atoms with Crippen molar-refractivity contribution in [2.45, 2.75) is 12.2 Å². The molecule has 0 fully saturated rings. The van der Waals surface area contributed by atoms with Crippen molar-refractivity contribution in [1.29, 1.82) is 0 Å². The Balaban J connectivity index is 2.15. The highest BCUT2D eigenvalue weighted by molar-refractivity contribution is 5.92. The highest BCUT2D eigenvalue weighted by Crippen LogP contribution is 2.30. The van der Waals surface area contributed by atoms with Crippen LogP contribution in [-0.2, 0) is 13.2 Å². The minimum Gasteiger partial charge on any atom is -0.481 e. The minimum atomic E-state index is -4.44. The van der Waals surface area contributed by atoms with E-state index in [2.05, 4.69) is 10.4 Å². The molecule has 0 saturated carbocycles. The number of aryl methyl sites for hydroxylation is 1.